The molecule has 0 aromatic carbocycles. The summed E-state index contributed by atoms with van der Waals surface area (Å²) >= 11 is 1.41. The Morgan fingerprint density at radius 3 is 2.79 bits per heavy atom. The van der Waals surface area contributed by atoms with E-state index in [0.29, 0.717) is 12.5 Å². The minimum absolute atomic E-state index is 0.0790. The third-order valence-electron chi connectivity index (χ3n) is 4.99. The van der Waals surface area contributed by atoms with Gasteiger partial charge in [0.05, 0.1) is 35.1 Å². The van der Waals surface area contributed by atoms with Crippen molar-refractivity contribution in [2.45, 2.75) is 56.5 Å². The number of carbonyl (C=O) groups is 1. The van der Waals surface area contributed by atoms with Gasteiger partial charge in [-0.2, -0.15) is 5.10 Å². The maximum atomic E-state index is 12.8. The predicted octanol–water partition coefficient (Wildman–Crippen LogP) is 3.27. The van der Waals surface area contributed by atoms with Gasteiger partial charge in [0.2, 0.25) is 5.91 Å². The van der Waals surface area contributed by atoms with E-state index in [0.717, 1.165) is 46.7 Å². The molecule has 0 saturated heterocycles. The largest absolute Gasteiger partial charge is 0.467 e. The van der Waals surface area contributed by atoms with Gasteiger partial charge >= 0.3 is 0 Å². The second-order valence-electron chi connectivity index (χ2n) is 7.20. The van der Waals surface area contributed by atoms with Gasteiger partial charge in [0.15, 0.2) is 5.16 Å². The number of rotatable bonds is 7. The topological polar surface area (TPSA) is 90.8 Å². The van der Waals surface area contributed by atoms with E-state index in [9.17, 15) is 4.79 Å². The molecule has 8 nitrogen and oxygen atoms in total. The third-order valence-corrected chi connectivity index (χ3v) is 6.07. The molecule has 1 fully saturated rings. The molecule has 28 heavy (non-hydrogen) atoms. The maximum absolute atomic E-state index is 12.8. The average molecular weight is 401 g/mol. The number of nitrogens with zero attached hydrogens (tertiary/aromatic N) is 5. The van der Waals surface area contributed by atoms with Crippen LogP contribution in [-0.4, -0.2) is 35.7 Å². The summed E-state index contributed by atoms with van der Waals surface area (Å²) in [6, 6.07) is 3.81. The maximum Gasteiger partial charge on any atom is 0.237 e. The van der Waals surface area contributed by atoms with E-state index in [1.165, 1.54) is 11.8 Å². The molecule has 1 amide bonds. The summed E-state index contributed by atoms with van der Waals surface area (Å²) in [6.07, 6.45) is 3.94. The quantitative estimate of drug-likeness (QED) is 0.612. The summed E-state index contributed by atoms with van der Waals surface area (Å²) in [5.41, 5.74) is 2.51. The number of amides is 1. The molecule has 0 bridgehead atoms. The Kier molecular flexibility index (Phi) is 5.01. The van der Waals surface area contributed by atoms with Gasteiger partial charge in [0.25, 0.3) is 0 Å². The van der Waals surface area contributed by atoms with Gasteiger partial charge in [-0.25, -0.2) is 0 Å². The fourth-order valence-electron chi connectivity index (χ4n) is 3.13. The Morgan fingerprint density at radius 1 is 1.39 bits per heavy atom. The Hall–Kier alpha value is -2.55. The van der Waals surface area contributed by atoms with E-state index < -0.39 is 0 Å². The standard InChI is InChI=1S/C19H24N6O2S/c1-11-16(12(2)24(4)23-11)20-18(26)13(3)28-19-22-21-17(14-7-8-14)25(19)10-15-6-5-9-27-15/h5-6,9,13-14H,7-8,10H2,1-4H3,(H,20,26). The third kappa shape index (κ3) is 3.71. The van der Waals surface area contributed by atoms with Gasteiger partial charge in [-0.1, -0.05) is 11.8 Å². The van der Waals surface area contributed by atoms with Gasteiger partial charge in [0.1, 0.15) is 11.6 Å². The highest BCUT2D eigenvalue weighted by atomic mass is 32.2. The first kappa shape index (κ1) is 18.8. The number of aromatic nitrogens is 5. The van der Waals surface area contributed by atoms with Crippen molar-refractivity contribution in [3.05, 3.63) is 41.4 Å². The first-order valence-corrected chi connectivity index (χ1v) is 10.2. The highest BCUT2D eigenvalue weighted by Crippen LogP contribution is 2.40. The smallest absolute Gasteiger partial charge is 0.237 e. The SMILES string of the molecule is Cc1nn(C)c(C)c1NC(=O)C(C)Sc1nnc(C2CC2)n1Cc1ccco1. The second kappa shape index (κ2) is 7.46. The molecule has 3 aromatic rings. The van der Waals surface area contributed by atoms with Gasteiger partial charge < -0.3 is 9.73 Å². The van der Waals surface area contributed by atoms with Crippen LogP contribution in [0.4, 0.5) is 5.69 Å². The van der Waals surface area contributed by atoms with Gasteiger partial charge in [-0.3, -0.25) is 14.0 Å². The zero-order valence-electron chi connectivity index (χ0n) is 16.5. The lowest BCUT2D eigenvalue weighted by Crippen LogP contribution is -2.23. The second-order valence-corrected chi connectivity index (χ2v) is 8.51. The summed E-state index contributed by atoms with van der Waals surface area (Å²) in [6.45, 7) is 6.28. The number of anilines is 1. The molecule has 1 aliphatic carbocycles. The van der Waals surface area contributed by atoms with E-state index in [4.69, 9.17) is 4.42 Å². The molecule has 1 N–H and O–H groups in total. The van der Waals surface area contributed by atoms with E-state index in [1.807, 2.05) is 40.0 Å². The molecule has 1 saturated carbocycles. The number of nitrogens with one attached hydrogen (secondary N) is 1. The molecule has 9 heteroatoms. The zero-order chi connectivity index (χ0) is 19.8. The molecule has 3 aromatic heterocycles. The fraction of sp³-hybridized carbons (Fsp3) is 0.474. The normalized spacial score (nSPS) is 15.0. The molecule has 0 aliphatic heterocycles. The Labute approximate surface area is 167 Å². The number of furan rings is 1. The average Bonchev–Trinajstić information content (AvgIpc) is 3.15. The van der Waals surface area contributed by atoms with Crippen molar-refractivity contribution in [1.29, 1.82) is 0 Å². The molecule has 1 unspecified atom stereocenters. The minimum atomic E-state index is -0.328. The lowest BCUT2D eigenvalue weighted by Gasteiger charge is -2.13. The van der Waals surface area contributed by atoms with Crippen LogP contribution in [0.2, 0.25) is 0 Å². The van der Waals surface area contributed by atoms with Crippen LogP contribution in [0.5, 0.6) is 0 Å². The van der Waals surface area contributed by atoms with Crippen LogP contribution < -0.4 is 5.32 Å². The molecule has 0 spiro atoms. The molecular formula is C19H24N6O2S. The molecule has 148 valence electrons. The van der Waals surface area contributed by atoms with E-state index >= 15 is 0 Å². The van der Waals surface area contributed by atoms with Crippen molar-refractivity contribution in [3.63, 3.8) is 0 Å². The van der Waals surface area contributed by atoms with Gasteiger partial charge in [0, 0.05) is 13.0 Å². The number of aryl methyl sites for hydroxylation is 2. The lowest BCUT2D eigenvalue weighted by molar-refractivity contribution is -0.115. The molecular weight excluding hydrogens is 376 g/mol. The van der Waals surface area contributed by atoms with E-state index in [1.54, 1.807) is 10.9 Å². The summed E-state index contributed by atoms with van der Waals surface area (Å²) in [7, 11) is 1.87. The highest BCUT2D eigenvalue weighted by Gasteiger charge is 2.31. The van der Waals surface area contributed by atoms with Crippen LogP contribution in [-0.2, 0) is 18.4 Å². The van der Waals surface area contributed by atoms with Crippen molar-refractivity contribution < 1.29 is 9.21 Å². The Bertz CT molecular complexity index is 987. The molecule has 1 aliphatic rings. The zero-order valence-corrected chi connectivity index (χ0v) is 17.3. The molecule has 3 heterocycles. The van der Waals surface area contributed by atoms with Crippen LogP contribution in [0.3, 0.4) is 0 Å². The highest BCUT2D eigenvalue weighted by molar-refractivity contribution is 8.00. The summed E-state index contributed by atoms with van der Waals surface area (Å²) < 4.78 is 9.35. The molecule has 0 radical (unpaired) electrons. The Morgan fingerprint density at radius 2 is 2.18 bits per heavy atom. The molecule has 4 rings (SSSR count). The lowest BCUT2D eigenvalue weighted by atomic mass is 10.3. The van der Waals surface area contributed by atoms with E-state index in [-0.39, 0.29) is 11.2 Å². The first-order valence-electron chi connectivity index (χ1n) is 9.37. The first-order chi connectivity index (χ1) is 13.4. The monoisotopic (exact) mass is 400 g/mol. The predicted molar refractivity (Wildman–Crippen MR) is 106 cm³/mol. The van der Waals surface area contributed by atoms with Crippen molar-refractivity contribution in [3.8, 4) is 0 Å². The van der Waals surface area contributed by atoms with Gasteiger partial charge in [-0.05, 0) is 45.7 Å². The number of carbonyl (C=O) groups excluding carboxylic acids is 1. The fourth-order valence-corrected chi connectivity index (χ4v) is 3.98. The van der Waals surface area contributed by atoms with Crippen LogP contribution in [0.25, 0.3) is 0 Å². The summed E-state index contributed by atoms with van der Waals surface area (Å²) in [5.74, 6) is 2.21. The van der Waals surface area contributed by atoms with Crippen LogP contribution in [0.15, 0.2) is 28.0 Å². The van der Waals surface area contributed by atoms with E-state index in [2.05, 4.69) is 25.2 Å². The van der Waals surface area contributed by atoms with Crippen LogP contribution in [0.1, 0.15) is 48.7 Å². The van der Waals surface area contributed by atoms with Crippen molar-refractivity contribution in [2.24, 2.45) is 7.05 Å². The summed E-state index contributed by atoms with van der Waals surface area (Å²) in [4.78, 5) is 12.8. The number of hydrogen-bond acceptors (Lipinski definition) is 6. The van der Waals surface area contributed by atoms with Crippen LogP contribution in [0, 0.1) is 13.8 Å². The van der Waals surface area contributed by atoms with Gasteiger partial charge in [-0.15, -0.1) is 10.2 Å². The van der Waals surface area contributed by atoms with Crippen molar-refractivity contribution in [2.75, 3.05) is 5.32 Å². The molecule has 1 atom stereocenters. The minimum Gasteiger partial charge on any atom is -0.467 e. The van der Waals surface area contributed by atoms with Crippen molar-refractivity contribution >= 4 is 23.4 Å². The number of hydrogen-bond donors (Lipinski definition) is 1. The summed E-state index contributed by atoms with van der Waals surface area (Å²) in [5, 5.41) is 16.5. The Balaban J connectivity index is 1.51. The number of thioether (sulfide) groups is 1. The van der Waals surface area contributed by atoms with Crippen molar-refractivity contribution in [1.82, 2.24) is 24.5 Å². The van der Waals surface area contributed by atoms with Crippen LogP contribution >= 0.6 is 11.8 Å².